The van der Waals surface area contributed by atoms with E-state index in [1.54, 1.807) is 26.4 Å². The average molecular weight is 193 g/mol. The Bertz CT molecular complexity index is 295. The normalized spacial score (nSPS) is 11.2. The third kappa shape index (κ3) is 4.31. The number of nitrogens with zero attached hydrogens (tertiary/aromatic N) is 3. The van der Waals surface area contributed by atoms with Crippen molar-refractivity contribution < 1.29 is 4.79 Å². The standard InChI is InChI=1S/C10H15N3O/c1-12(2)7-5-6-9(8-11)10(14)13(3)4/h5-7H,1-4H3/b7-5+,9-6+. The summed E-state index contributed by atoms with van der Waals surface area (Å²) >= 11 is 0. The van der Waals surface area contributed by atoms with E-state index < -0.39 is 0 Å². The fraction of sp³-hybridized carbons (Fsp3) is 0.400. The SMILES string of the molecule is CN(C)/C=C/C=C(\C#N)C(=O)N(C)C. The number of hydrogen-bond acceptors (Lipinski definition) is 3. The Morgan fingerprint density at radius 1 is 1.29 bits per heavy atom. The van der Waals surface area contributed by atoms with E-state index in [9.17, 15) is 4.79 Å². The van der Waals surface area contributed by atoms with Crippen molar-refractivity contribution in [3.8, 4) is 6.07 Å². The summed E-state index contributed by atoms with van der Waals surface area (Å²) in [5, 5.41) is 8.70. The van der Waals surface area contributed by atoms with Gasteiger partial charge < -0.3 is 9.80 Å². The van der Waals surface area contributed by atoms with E-state index in [0.29, 0.717) is 0 Å². The summed E-state index contributed by atoms with van der Waals surface area (Å²) in [4.78, 5) is 14.5. The van der Waals surface area contributed by atoms with E-state index in [4.69, 9.17) is 5.26 Å². The predicted molar refractivity (Wildman–Crippen MR) is 55.2 cm³/mol. The molecule has 76 valence electrons. The molecule has 0 aliphatic rings. The van der Waals surface area contributed by atoms with Crippen molar-refractivity contribution in [1.82, 2.24) is 9.80 Å². The molecule has 4 nitrogen and oxygen atoms in total. The summed E-state index contributed by atoms with van der Waals surface area (Å²) in [5.74, 6) is -0.282. The lowest BCUT2D eigenvalue weighted by Crippen LogP contribution is -2.22. The Morgan fingerprint density at radius 3 is 2.21 bits per heavy atom. The molecule has 0 saturated heterocycles. The monoisotopic (exact) mass is 193 g/mol. The molecule has 14 heavy (non-hydrogen) atoms. The highest BCUT2D eigenvalue weighted by Crippen LogP contribution is 1.97. The van der Waals surface area contributed by atoms with Gasteiger partial charge in [0.05, 0.1) is 0 Å². The van der Waals surface area contributed by atoms with E-state index in [-0.39, 0.29) is 11.5 Å². The first kappa shape index (κ1) is 12.2. The van der Waals surface area contributed by atoms with E-state index in [1.165, 1.54) is 11.0 Å². The molecule has 0 fully saturated rings. The molecule has 0 saturated carbocycles. The highest BCUT2D eigenvalue weighted by Gasteiger charge is 2.08. The molecule has 0 N–H and O–H groups in total. The van der Waals surface area contributed by atoms with Crippen LogP contribution in [0.3, 0.4) is 0 Å². The minimum Gasteiger partial charge on any atom is -0.383 e. The van der Waals surface area contributed by atoms with Crippen molar-refractivity contribution in [3.05, 3.63) is 23.9 Å². The average Bonchev–Trinajstić information content (AvgIpc) is 2.10. The lowest BCUT2D eigenvalue weighted by Gasteiger charge is -2.07. The second-order valence-electron chi connectivity index (χ2n) is 3.20. The Balaban J connectivity index is 4.59. The van der Waals surface area contributed by atoms with Crippen LogP contribution in [0.5, 0.6) is 0 Å². The molecular formula is C10H15N3O. The maximum atomic E-state index is 11.3. The second-order valence-corrected chi connectivity index (χ2v) is 3.20. The van der Waals surface area contributed by atoms with Crippen molar-refractivity contribution in [2.45, 2.75) is 0 Å². The van der Waals surface area contributed by atoms with Crippen molar-refractivity contribution in [1.29, 1.82) is 5.26 Å². The van der Waals surface area contributed by atoms with Crippen LogP contribution in [0.4, 0.5) is 0 Å². The maximum absolute atomic E-state index is 11.3. The summed E-state index contributed by atoms with van der Waals surface area (Å²) in [6, 6.07) is 1.86. The molecule has 0 atom stereocenters. The van der Waals surface area contributed by atoms with Gasteiger partial charge in [-0.15, -0.1) is 0 Å². The number of hydrogen-bond donors (Lipinski definition) is 0. The summed E-state index contributed by atoms with van der Waals surface area (Å²) in [6.45, 7) is 0. The molecule has 0 aliphatic heterocycles. The van der Waals surface area contributed by atoms with Gasteiger partial charge in [-0.3, -0.25) is 4.79 Å². The number of nitriles is 1. The Kier molecular flexibility index (Phi) is 5.08. The minimum absolute atomic E-state index is 0.133. The van der Waals surface area contributed by atoms with Crippen LogP contribution in [-0.4, -0.2) is 43.9 Å². The van der Waals surface area contributed by atoms with Gasteiger partial charge in [-0.2, -0.15) is 5.26 Å². The Labute approximate surface area is 84.7 Å². The summed E-state index contributed by atoms with van der Waals surface area (Å²) in [5.41, 5.74) is 0.133. The predicted octanol–water partition coefficient (Wildman–Crippen LogP) is 0.600. The van der Waals surface area contributed by atoms with Crippen LogP contribution in [0.2, 0.25) is 0 Å². The minimum atomic E-state index is -0.282. The second kappa shape index (κ2) is 5.81. The summed E-state index contributed by atoms with van der Waals surface area (Å²) in [7, 11) is 6.96. The Hall–Kier alpha value is -1.76. The van der Waals surface area contributed by atoms with E-state index in [1.807, 2.05) is 25.1 Å². The van der Waals surface area contributed by atoms with Crippen molar-refractivity contribution in [3.63, 3.8) is 0 Å². The molecule has 0 aromatic carbocycles. The quantitative estimate of drug-likeness (QED) is 0.374. The van der Waals surface area contributed by atoms with E-state index in [0.717, 1.165) is 0 Å². The molecule has 0 spiro atoms. The van der Waals surface area contributed by atoms with Crippen molar-refractivity contribution in [2.75, 3.05) is 28.2 Å². The molecule has 0 bridgehead atoms. The molecule has 1 amide bonds. The van der Waals surface area contributed by atoms with Crippen molar-refractivity contribution >= 4 is 5.91 Å². The van der Waals surface area contributed by atoms with Gasteiger partial charge in [-0.05, 0) is 18.4 Å². The molecule has 0 aromatic rings. The number of rotatable bonds is 3. The summed E-state index contributed by atoms with van der Waals surface area (Å²) in [6.07, 6.45) is 4.93. The van der Waals surface area contributed by atoms with Crippen LogP contribution in [0.25, 0.3) is 0 Å². The van der Waals surface area contributed by atoms with Gasteiger partial charge in [-0.1, -0.05) is 0 Å². The zero-order valence-electron chi connectivity index (χ0n) is 8.98. The van der Waals surface area contributed by atoms with Crippen LogP contribution in [0, 0.1) is 11.3 Å². The van der Waals surface area contributed by atoms with E-state index in [2.05, 4.69) is 0 Å². The number of carbonyl (C=O) groups is 1. The van der Waals surface area contributed by atoms with Gasteiger partial charge >= 0.3 is 0 Å². The first-order valence-electron chi connectivity index (χ1n) is 4.15. The number of likely N-dealkylation sites (N-methyl/N-ethyl adjacent to an activating group) is 1. The van der Waals surface area contributed by atoms with Crippen LogP contribution in [-0.2, 0) is 4.79 Å². The molecule has 0 aromatic heterocycles. The third-order valence-corrected chi connectivity index (χ3v) is 1.40. The Morgan fingerprint density at radius 2 is 1.86 bits per heavy atom. The molecule has 0 unspecified atom stereocenters. The first-order chi connectivity index (χ1) is 6.49. The fourth-order valence-electron chi connectivity index (χ4n) is 0.709. The van der Waals surface area contributed by atoms with Gasteiger partial charge in [0, 0.05) is 28.2 Å². The number of amides is 1. The zero-order chi connectivity index (χ0) is 11.1. The van der Waals surface area contributed by atoms with Crippen LogP contribution < -0.4 is 0 Å². The molecule has 0 aliphatic carbocycles. The van der Waals surface area contributed by atoms with Crippen LogP contribution in [0.1, 0.15) is 0 Å². The van der Waals surface area contributed by atoms with Crippen molar-refractivity contribution in [2.24, 2.45) is 0 Å². The van der Waals surface area contributed by atoms with Gasteiger partial charge in [0.15, 0.2) is 0 Å². The third-order valence-electron chi connectivity index (χ3n) is 1.40. The van der Waals surface area contributed by atoms with Gasteiger partial charge in [0.25, 0.3) is 5.91 Å². The topological polar surface area (TPSA) is 47.3 Å². The first-order valence-corrected chi connectivity index (χ1v) is 4.15. The molecule has 0 radical (unpaired) electrons. The van der Waals surface area contributed by atoms with Gasteiger partial charge in [-0.25, -0.2) is 0 Å². The fourth-order valence-corrected chi connectivity index (χ4v) is 0.709. The smallest absolute Gasteiger partial charge is 0.263 e. The lowest BCUT2D eigenvalue weighted by molar-refractivity contribution is -0.124. The maximum Gasteiger partial charge on any atom is 0.263 e. The molecule has 0 heterocycles. The lowest BCUT2D eigenvalue weighted by atomic mass is 10.2. The van der Waals surface area contributed by atoms with Gasteiger partial charge in [0.2, 0.25) is 0 Å². The molecule has 4 heteroatoms. The van der Waals surface area contributed by atoms with E-state index >= 15 is 0 Å². The number of carbonyl (C=O) groups excluding carboxylic acids is 1. The van der Waals surface area contributed by atoms with Crippen LogP contribution >= 0.6 is 0 Å². The molecule has 0 rings (SSSR count). The highest BCUT2D eigenvalue weighted by atomic mass is 16.2. The molecular weight excluding hydrogens is 178 g/mol. The summed E-state index contributed by atoms with van der Waals surface area (Å²) < 4.78 is 0. The number of allylic oxidation sites excluding steroid dienone is 2. The highest BCUT2D eigenvalue weighted by molar-refractivity contribution is 5.97. The largest absolute Gasteiger partial charge is 0.383 e. The van der Waals surface area contributed by atoms with Crippen LogP contribution in [0.15, 0.2) is 23.9 Å². The van der Waals surface area contributed by atoms with Gasteiger partial charge in [0.1, 0.15) is 11.6 Å². The zero-order valence-corrected chi connectivity index (χ0v) is 8.98.